The van der Waals surface area contributed by atoms with Crippen molar-refractivity contribution in [1.82, 2.24) is 9.97 Å². The maximum Gasteiger partial charge on any atom is 0.129 e. The van der Waals surface area contributed by atoms with Crippen LogP contribution in [-0.2, 0) is 6.42 Å². The van der Waals surface area contributed by atoms with E-state index in [1.165, 1.54) is 6.42 Å². The molecule has 16 heavy (non-hydrogen) atoms. The number of aliphatic hydroxyl groups excluding tert-OH is 1. The van der Waals surface area contributed by atoms with Gasteiger partial charge >= 0.3 is 0 Å². The Hall–Kier alpha value is -1.16. The summed E-state index contributed by atoms with van der Waals surface area (Å²) in [5.74, 6) is 0.831. The first-order valence-corrected chi connectivity index (χ1v) is 6.05. The Bertz CT molecular complexity index is 343. The molecule has 0 bridgehead atoms. The number of hydrogen-bond acceptors (Lipinski definition) is 4. The van der Waals surface area contributed by atoms with Crippen molar-refractivity contribution in [2.24, 2.45) is 0 Å². The summed E-state index contributed by atoms with van der Waals surface area (Å²) in [6.45, 7) is 2.07. The maximum atomic E-state index is 9.85. The van der Waals surface area contributed by atoms with Gasteiger partial charge in [-0.1, -0.05) is 19.8 Å². The normalized spacial score (nSPS) is 25.4. The molecule has 1 aliphatic rings. The number of aryl methyl sites for hydroxylation is 1. The third kappa shape index (κ3) is 2.70. The average molecular weight is 221 g/mol. The third-order valence-electron chi connectivity index (χ3n) is 3.15. The summed E-state index contributed by atoms with van der Waals surface area (Å²) in [6.07, 6.45) is 6.47. The summed E-state index contributed by atoms with van der Waals surface area (Å²) in [4.78, 5) is 8.34. The molecular formula is C12H19N3O. The van der Waals surface area contributed by atoms with Crippen LogP contribution in [0.1, 0.15) is 38.3 Å². The largest absolute Gasteiger partial charge is 0.391 e. The Morgan fingerprint density at radius 2 is 2.19 bits per heavy atom. The van der Waals surface area contributed by atoms with Gasteiger partial charge in [-0.3, -0.25) is 0 Å². The van der Waals surface area contributed by atoms with E-state index in [0.717, 1.165) is 37.2 Å². The van der Waals surface area contributed by atoms with Crippen LogP contribution in [0.5, 0.6) is 0 Å². The molecule has 0 aliphatic heterocycles. The fourth-order valence-electron chi connectivity index (χ4n) is 2.14. The molecule has 2 rings (SSSR count). The lowest BCUT2D eigenvalue weighted by molar-refractivity contribution is 0.116. The van der Waals surface area contributed by atoms with Crippen LogP contribution < -0.4 is 5.32 Å². The van der Waals surface area contributed by atoms with E-state index in [2.05, 4.69) is 22.2 Å². The van der Waals surface area contributed by atoms with E-state index in [1.807, 2.05) is 6.07 Å². The number of rotatable bonds is 3. The predicted octanol–water partition coefficient (Wildman–Crippen LogP) is 1.75. The molecule has 2 unspecified atom stereocenters. The molecule has 0 amide bonds. The van der Waals surface area contributed by atoms with Gasteiger partial charge in [0.2, 0.25) is 0 Å². The van der Waals surface area contributed by atoms with Gasteiger partial charge < -0.3 is 10.4 Å². The maximum absolute atomic E-state index is 9.85. The minimum absolute atomic E-state index is 0.147. The zero-order valence-corrected chi connectivity index (χ0v) is 9.69. The van der Waals surface area contributed by atoms with E-state index in [4.69, 9.17) is 0 Å². The van der Waals surface area contributed by atoms with E-state index < -0.39 is 0 Å². The van der Waals surface area contributed by atoms with E-state index in [0.29, 0.717) is 0 Å². The molecule has 1 aromatic rings. The molecule has 1 saturated carbocycles. The summed E-state index contributed by atoms with van der Waals surface area (Å²) in [5, 5.41) is 13.2. The first-order chi connectivity index (χ1) is 7.79. The molecule has 0 radical (unpaired) electrons. The van der Waals surface area contributed by atoms with Crippen molar-refractivity contribution >= 4 is 5.82 Å². The van der Waals surface area contributed by atoms with Crippen molar-refractivity contribution in [2.45, 2.75) is 51.2 Å². The third-order valence-corrected chi connectivity index (χ3v) is 3.15. The number of anilines is 1. The second-order valence-corrected chi connectivity index (χ2v) is 4.35. The van der Waals surface area contributed by atoms with Gasteiger partial charge in [0.1, 0.15) is 12.1 Å². The smallest absolute Gasteiger partial charge is 0.129 e. The summed E-state index contributed by atoms with van der Waals surface area (Å²) in [6, 6.07) is 2.11. The van der Waals surface area contributed by atoms with Gasteiger partial charge in [-0.25, -0.2) is 9.97 Å². The van der Waals surface area contributed by atoms with E-state index in [9.17, 15) is 5.11 Å². The molecule has 1 aliphatic carbocycles. The van der Waals surface area contributed by atoms with Crippen LogP contribution in [0.2, 0.25) is 0 Å². The van der Waals surface area contributed by atoms with E-state index in [-0.39, 0.29) is 12.1 Å². The quantitative estimate of drug-likeness (QED) is 0.816. The van der Waals surface area contributed by atoms with E-state index >= 15 is 0 Å². The Labute approximate surface area is 96.1 Å². The van der Waals surface area contributed by atoms with Crippen molar-refractivity contribution in [2.75, 3.05) is 5.32 Å². The highest BCUT2D eigenvalue weighted by atomic mass is 16.3. The number of nitrogens with one attached hydrogen (secondary N) is 1. The molecule has 0 spiro atoms. The first-order valence-electron chi connectivity index (χ1n) is 6.05. The highest BCUT2D eigenvalue weighted by molar-refractivity contribution is 5.36. The fraction of sp³-hybridized carbons (Fsp3) is 0.667. The van der Waals surface area contributed by atoms with Crippen LogP contribution >= 0.6 is 0 Å². The molecule has 1 fully saturated rings. The van der Waals surface area contributed by atoms with Crippen molar-refractivity contribution in [3.63, 3.8) is 0 Å². The minimum Gasteiger partial charge on any atom is -0.391 e. The average Bonchev–Trinajstić information content (AvgIpc) is 2.32. The van der Waals surface area contributed by atoms with Crippen LogP contribution in [0, 0.1) is 0 Å². The van der Waals surface area contributed by atoms with Gasteiger partial charge in [-0.15, -0.1) is 0 Å². The minimum atomic E-state index is -0.242. The van der Waals surface area contributed by atoms with Crippen LogP contribution in [0.3, 0.4) is 0 Å². The highest BCUT2D eigenvalue weighted by Crippen LogP contribution is 2.21. The van der Waals surface area contributed by atoms with Crippen molar-refractivity contribution in [3.05, 3.63) is 18.1 Å². The highest BCUT2D eigenvalue weighted by Gasteiger charge is 2.22. The second-order valence-electron chi connectivity index (χ2n) is 4.35. The van der Waals surface area contributed by atoms with E-state index in [1.54, 1.807) is 6.33 Å². The zero-order chi connectivity index (χ0) is 11.4. The van der Waals surface area contributed by atoms with Crippen LogP contribution in [0.4, 0.5) is 5.82 Å². The second kappa shape index (κ2) is 5.25. The molecule has 2 N–H and O–H groups in total. The summed E-state index contributed by atoms with van der Waals surface area (Å²) < 4.78 is 0. The number of nitrogens with zero attached hydrogens (tertiary/aromatic N) is 2. The summed E-state index contributed by atoms with van der Waals surface area (Å²) >= 11 is 0. The van der Waals surface area contributed by atoms with Gasteiger partial charge in [0.15, 0.2) is 0 Å². The van der Waals surface area contributed by atoms with Gasteiger partial charge in [-0.2, -0.15) is 0 Å². The molecule has 1 heterocycles. The van der Waals surface area contributed by atoms with Gasteiger partial charge in [0.25, 0.3) is 0 Å². The fourth-order valence-corrected chi connectivity index (χ4v) is 2.14. The molecule has 88 valence electrons. The molecule has 4 nitrogen and oxygen atoms in total. The topological polar surface area (TPSA) is 58.0 Å². The standard InChI is InChI=1S/C12H19N3O/c1-2-9-7-12(14-8-13-9)15-10-5-3-4-6-11(10)16/h7-8,10-11,16H,2-6H2,1H3,(H,13,14,15). The monoisotopic (exact) mass is 221 g/mol. The molecule has 0 aromatic carbocycles. The Morgan fingerprint density at radius 3 is 2.94 bits per heavy atom. The lowest BCUT2D eigenvalue weighted by atomic mass is 9.92. The van der Waals surface area contributed by atoms with Gasteiger partial charge in [0.05, 0.1) is 12.1 Å². The van der Waals surface area contributed by atoms with Gasteiger partial charge in [0, 0.05) is 11.8 Å². The molecule has 0 saturated heterocycles. The molecule has 1 aromatic heterocycles. The SMILES string of the molecule is CCc1cc(NC2CCCCC2O)ncn1. The van der Waals surface area contributed by atoms with Crippen molar-refractivity contribution < 1.29 is 5.11 Å². The van der Waals surface area contributed by atoms with Crippen LogP contribution in [0.25, 0.3) is 0 Å². The number of hydrogen-bond donors (Lipinski definition) is 2. The molecule has 2 atom stereocenters. The van der Waals surface area contributed by atoms with Crippen molar-refractivity contribution in [1.29, 1.82) is 0 Å². The molecular weight excluding hydrogens is 202 g/mol. The Morgan fingerprint density at radius 1 is 1.38 bits per heavy atom. The Balaban J connectivity index is 2.01. The first kappa shape index (κ1) is 11.3. The number of aromatic nitrogens is 2. The summed E-state index contributed by atoms with van der Waals surface area (Å²) in [5.41, 5.74) is 1.03. The lowest BCUT2D eigenvalue weighted by Gasteiger charge is -2.28. The Kier molecular flexibility index (Phi) is 3.72. The predicted molar refractivity (Wildman–Crippen MR) is 63.3 cm³/mol. The lowest BCUT2D eigenvalue weighted by Crippen LogP contribution is -2.36. The van der Waals surface area contributed by atoms with Gasteiger partial charge in [-0.05, 0) is 19.3 Å². The summed E-state index contributed by atoms with van der Waals surface area (Å²) in [7, 11) is 0. The zero-order valence-electron chi connectivity index (χ0n) is 9.69. The van der Waals surface area contributed by atoms with Crippen LogP contribution in [-0.4, -0.2) is 27.2 Å². The van der Waals surface area contributed by atoms with Crippen molar-refractivity contribution in [3.8, 4) is 0 Å². The van der Waals surface area contributed by atoms with Crippen LogP contribution in [0.15, 0.2) is 12.4 Å². The molecule has 4 heteroatoms. The number of aliphatic hydroxyl groups is 1.